The third-order valence-electron chi connectivity index (χ3n) is 2.98. The van der Waals surface area contributed by atoms with E-state index in [4.69, 9.17) is 5.73 Å². The summed E-state index contributed by atoms with van der Waals surface area (Å²) in [5.41, 5.74) is 7.30. The lowest BCUT2D eigenvalue weighted by atomic mass is 10.1. The summed E-state index contributed by atoms with van der Waals surface area (Å²) in [5.74, 6) is 0.324. The van der Waals surface area contributed by atoms with E-state index in [1.807, 2.05) is 6.07 Å². The van der Waals surface area contributed by atoms with Crippen LogP contribution in [0.15, 0.2) is 18.2 Å². The van der Waals surface area contributed by atoms with Gasteiger partial charge in [0.1, 0.15) is 5.75 Å². The monoisotopic (exact) mass is 222 g/mol. The molecule has 1 unspecified atom stereocenters. The molecule has 0 fully saturated rings. The maximum absolute atomic E-state index is 9.71. The molecule has 1 atom stereocenters. The number of benzene rings is 1. The summed E-state index contributed by atoms with van der Waals surface area (Å²) in [5, 5.41) is 9.71. The molecule has 1 aromatic rings. The highest BCUT2D eigenvalue weighted by Crippen LogP contribution is 2.22. The molecule has 0 aliphatic rings. The summed E-state index contributed by atoms with van der Waals surface area (Å²) in [7, 11) is 2.07. The molecule has 1 aromatic carbocycles. The Morgan fingerprint density at radius 1 is 1.44 bits per heavy atom. The molecule has 90 valence electrons. The number of hydrogen-bond acceptors (Lipinski definition) is 3. The Balaban J connectivity index is 2.68. The maximum atomic E-state index is 9.71. The molecule has 0 saturated heterocycles. The Labute approximate surface area is 97.9 Å². The Morgan fingerprint density at radius 3 is 2.75 bits per heavy atom. The van der Waals surface area contributed by atoms with Gasteiger partial charge < -0.3 is 10.8 Å². The van der Waals surface area contributed by atoms with Crippen LogP contribution < -0.4 is 5.73 Å². The molecule has 0 aliphatic heterocycles. The first-order chi connectivity index (χ1) is 7.54. The van der Waals surface area contributed by atoms with Crippen LogP contribution in [0.5, 0.6) is 5.75 Å². The van der Waals surface area contributed by atoms with Gasteiger partial charge in [-0.25, -0.2) is 0 Å². The molecule has 1 rings (SSSR count). The highest BCUT2D eigenvalue weighted by atomic mass is 16.3. The molecule has 3 nitrogen and oxygen atoms in total. The van der Waals surface area contributed by atoms with E-state index in [-0.39, 0.29) is 0 Å². The van der Waals surface area contributed by atoms with Crippen molar-refractivity contribution >= 4 is 5.69 Å². The molecular formula is C13H22N2O. The van der Waals surface area contributed by atoms with Gasteiger partial charge in [0.05, 0.1) is 0 Å². The second kappa shape index (κ2) is 5.75. The number of nitrogens with two attached hydrogens (primary N) is 1. The van der Waals surface area contributed by atoms with Crippen LogP contribution in [0.25, 0.3) is 0 Å². The van der Waals surface area contributed by atoms with E-state index in [1.165, 1.54) is 12.8 Å². The van der Waals surface area contributed by atoms with Crippen molar-refractivity contribution < 1.29 is 5.11 Å². The van der Waals surface area contributed by atoms with Crippen LogP contribution in [-0.4, -0.2) is 23.1 Å². The third-order valence-corrected chi connectivity index (χ3v) is 2.98. The van der Waals surface area contributed by atoms with E-state index in [1.54, 1.807) is 12.1 Å². The number of nitrogen functional groups attached to an aromatic ring is 1. The fourth-order valence-electron chi connectivity index (χ4n) is 1.79. The van der Waals surface area contributed by atoms with Crippen molar-refractivity contribution in [2.75, 3.05) is 12.8 Å². The molecule has 3 heteroatoms. The van der Waals surface area contributed by atoms with E-state index in [0.717, 1.165) is 12.1 Å². The number of hydrogen-bond donors (Lipinski definition) is 2. The van der Waals surface area contributed by atoms with Crippen LogP contribution in [0.2, 0.25) is 0 Å². The summed E-state index contributed by atoms with van der Waals surface area (Å²) < 4.78 is 0. The summed E-state index contributed by atoms with van der Waals surface area (Å²) in [6.07, 6.45) is 2.34. The van der Waals surface area contributed by atoms with Crippen molar-refractivity contribution in [3.05, 3.63) is 23.8 Å². The average molecular weight is 222 g/mol. The van der Waals surface area contributed by atoms with Crippen molar-refractivity contribution in [2.24, 2.45) is 0 Å². The first-order valence-corrected chi connectivity index (χ1v) is 5.82. The Hall–Kier alpha value is -1.22. The lowest BCUT2D eigenvalue weighted by molar-refractivity contribution is 0.234. The quantitative estimate of drug-likeness (QED) is 0.594. The second-order valence-electron chi connectivity index (χ2n) is 4.44. The minimum absolute atomic E-state index is 0.324. The van der Waals surface area contributed by atoms with E-state index in [0.29, 0.717) is 17.5 Å². The van der Waals surface area contributed by atoms with E-state index >= 15 is 0 Å². The van der Waals surface area contributed by atoms with E-state index in [2.05, 4.69) is 25.8 Å². The van der Waals surface area contributed by atoms with Gasteiger partial charge in [-0.1, -0.05) is 13.3 Å². The summed E-state index contributed by atoms with van der Waals surface area (Å²) in [4.78, 5) is 2.23. The minimum atomic E-state index is 0.324. The molecular weight excluding hydrogens is 200 g/mol. The Bertz CT molecular complexity index is 339. The molecule has 16 heavy (non-hydrogen) atoms. The highest BCUT2D eigenvalue weighted by Gasteiger charge is 2.10. The zero-order valence-corrected chi connectivity index (χ0v) is 10.4. The zero-order chi connectivity index (χ0) is 12.1. The largest absolute Gasteiger partial charge is 0.508 e. The summed E-state index contributed by atoms with van der Waals surface area (Å²) in [6.45, 7) is 5.12. The predicted molar refractivity (Wildman–Crippen MR) is 68.4 cm³/mol. The molecule has 0 spiro atoms. The van der Waals surface area contributed by atoms with Crippen molar-refractivity contribution in [3.8, 4) is 5.75 Å². The van der Waals surface area contributed by atoms with Crippen LogP contribution in [0.3, 0.4) is 0 Å². The van der Waals surface area contributed by atoms with Gasteiger partial charge >= 0.3 is 0 Å². The fraction of sp³-hybridized carbons (Fsp3) is 0.538. The predicted octanol–water partition coefficient (Wildman–Crippen LogP) is 2.59. The topological polar surface area (TPSA) is 49.5 Å². The fourth-order valence-corrected chi connectivity index (χ4v) is 1.79. The maximum Gasteiger partial charge on any atom is 0.120 e. The van der Waals surface area contributed by atoms with Crippen LogP contribution in [0, 0.1) is 0 Å². The molecule has 3 N–H and O–H groups in total. The van der Waals surface area contributed by atoms with Crippen LogP contribution in [0.4, 0.5) is 5.69 Å². The summed E-state index contributed by atoms with van der Waals surface area (Å²) >= 11 is 0. The minimum Gasteiger partial charge on any atom is -0.508 e. The lowest BCUT2D eigenvalue weighted by Gasteiger charge is -2.24. The number of nitrogens with zero attached hydrogens (tertiary/aromatic N) is 1. The van der Waals surface area contributed by atoms with E-state index < -0.39 is 0 Å². The van der Waals surface area contributed by atoms with Crippen molar-refractivity contribution in [1.29, 1.82) is 0 Å². The average Bonchev–Trinajstić information content (AvgIpc) is 2.23. The Morgan fingerprint density at radius 2 is 2.12 bits per heavy atom. The summed E-state index contributed by atoms with van der Waals surface area (Å²) in [6, 6.07) is 5.73. The molecule has 0 aliphatic carbocycles. The number of phenolic OH excluding ortho intramolecular Hbond substituents is 1. The van der Waals surface area contributed by atoms with Gasteiger partial charge in [-0.15, -0.1) is 0 Å². The first-order valence-electron chi connectivity index (χ1n) is 5.82. The molecule has 0 saturated carbocycles. The van der Waals surface area contributed by atoms with Gasteiger partial charge in [0, 0.05) is 23.8 Å². The zero-order valence-electron chi connectivity index (χ0n) is 10.4. The smallest absolute Gasteiger partial charge is 0.120 e. The number of anilines is 1. The molecule has 0 heterocycles. The second-order valence-corrected chi connectivity index (χ2v) is 4.44. The number of aromatic hydroxyl groups is 1. The molecule has 0 aromatic heterocycles. The van der Waals surface area contributed by atoms with Crippen molar-refractivity contribution in [1.82, 2.24) is 4.90 Å². The third kappa shape index (κ3) is 3.42. The van der Waals surface area contributed by atoms with Gasteiger partial charge in [-0.3, -0.25) is 4.90 Å². The van der Waals surface area contributed by atoms with Gasteiger partial charge in [-0.2, -0.15) is 0 Å². The van der Waals surface area contributed by atoms with Gasteiger partial charge in [0.25, 0.3) is 0 Å². The highest BCUT2D eigenvalue weighted by molar-refractivity contribution is 5.47. The van der Waals surface area contributed by atoms with Crippen molar-refractivity contribution in [3.63, 3.8) is 0 Å². The number of phenols is 1. The standard InChI is InChI=1S/C13H22N2O/c1-4-5-10(2)15(3)9-11-8-12(14)6-7-13(11)16/h6-8,10,16H,4-5,9,14H2,1-3H3. The SMILES string of the molecule is CCCC(C)N(C)Cc1cc(N)ccc1O. The number of rotatable bonds is 5. The normalized spacial score (nSPS) is 13.0. The Kier molecular flexibility index (Phi) is 4.62. The van der Waals surface area contributed by atoms with Crippen molar-refractivity contribution in [2.45, 2.75) is 39.3 Å². The van der Waals surface area contributed by atoms with Crippen LogP contribution in [-0.2, 0) is 6.54 Å². The van der Waals surface area contributed by atoms with Gasteiger partial charge in [0.2, 0.25) is 0 Å². The molecule has 0 radical (unpaired) electrons. The first kappa shape index (κ1) is 12.8. The van der Waals surface area contributed by atoms with Gasteiger partial charge in [-0.05, 0) is 38.6 Å². The molecule has 0 amide bonds. The lowest BCUT2D eigenvalue weighted by Crippen LogP contribution is -2.28. The molecule has 0 bridgehead atoms. The van der Waals surface area contributed by atoms with Crippen LogP contribution >= 0.6 is 0 Å². The van der Waals surface area contributed by atoms with Gasteiger partial charge in [0.15, 0.2) is 0 Å². The van der Waals surface area contributed by atoms with Crippen LogP contribution in [0.1, 0.15) is 32.3 Å². The van der Waals surface area contributed by atoms with E-state index in [9.17, 15) is 5.11 Å².